The molecule has 0 bridgehead atoms. The Kier molecular flexibility index (Phi) is 4.30. The maximum absolute atomic E-state index is 5.56. The summed E-state index contributed by atoms with van der Waals surface area (Å²) in [6, 6.07) is 1.73. The third-order valence-corrected chi connectivity index (χ3v) is 2.88. The van der Waals surface area contributed by atoms with Crippen molar-refractivity contribution in [1.29, 1.82) is 0 Å². The van der Waals surface area contributed by atoms with E-state index in [-0.39, 0.29) is 0 Å². The monoisotopic (exact) mass is 265 g/mol. The molecule has 6 nitrogen and oxygen atoms in total. The van der Waals surface area contributed by atoms with E-state index in [9.17, 15) is 0 Å². The van der Waals surface area contributed by atoms with Gasteiger partial charge in [0.1, 0.15) is 0 Å². The minimum Gasteiger partial charge on any atom is -0.478 e. The number of nitrogens with one attached hydrogen (secondary N) is 1. The van der Waals surface area contributed by atoms with Crippen molar-refractivity contribution >= 4 is 22.4 Å². The predicted molar refractivity (Wildman–Crippen MR) is 71.9 cm³/mol. The van der Waals surface area contributed by atoms with E-state index in [1.807, 2.05) is 12.3 Å². The van der Waals surface area contributed by atoms with E-state index >= 15 is 0 Å². The molecule has 0 radical (unpaired) electrons. The Morgan fingerprint density at radius 1 is 1.44 bits per heavy atom. The molecule has 3 N–H and O–H groups in total. The molecule has 7 heteroatoms. The van der Waals surface area contributed by atoms with Crippen molar-refractivity contribution in [3.63, 3.8) is 0 Å². The summed E-state index contributed by atoms with van der Waals surface area (Å²) in [5.74, 6) is 1.14. The van der Waals surface area contributed by atoms with Crippen LogP contribution < -0.4 is 15.8 Å². The fourth-order valence-electron chi connectivity index (χ4n) is 1.40. The smallest absolute Gasteiger partial charge is 0.225 e. The van der Waals surface area contributed by atoms with E-state index in [0.717, 1.165) is 12.1 Å². The molecule has 0 aliphatic rings. The lowest BCUT2D eigenvalue weighted by atomic mass is 10.3. The number of thiazole rings is 1. The highest BCUT2D eigenvalue weighted by Gasteiger charge is 2.01. The molecular formula is C11H15N5OS. The van der Waals surface area contributed by atoms with Gasteiger partial charge in [0.2, 0.25) is 11.8 Å². The van der Waals surface area contributed by atoms with Crippen molar-refractivity contribution in [1.82, 2.24) is 15.0 Å². The second-order valence-corrected chi connectivity index (χ2v) is 4.40. The van der Waals surface area contributed by atoms with Crippen LogP contribution in [0.25, 0.3) is 0 Å². The zero-order chi connectivity index (χ0) is 12.8. The van der Waals surface area contributed by atoms with Crippen molar-refractivity contribution in [2.45, 2.75) is 13.3 Å². The predicted octanol–water partition coefficient (Wildman–Crippen LogP) is 1.57. The minimum absolute atomic E-state index is 0.559. The summed E-state index contributed by atoms with van der Waals surface area (Å²) in [6.45, 7) is 3.22. The number of hydrogen-bond donors (Lipinski definition) is 2. The highest BCUT2D eigenvalue weighted by molar-refractivity contribution is 7.13. The lowest BCUT2D eigenvalue weighted by Crippen LogP contribution is -2.08. The molecule has 0 atom stereocenters. The Morgan fingerprint density at radius 2 is 2.33 bits per heavy atom. The number of hydrogen-bond acceptors (Lipinski definition) is 7. The molecule has 0 unspecified atom stereocenters. The Hall–Kier alpha value is -1.89. The summed E-state index contributed by atoms with van der Waals surface area (Å²) < 4.78 is 5.30. The molecule has 0 spiro atoms. The fourth-order valence-corrected chi connectivity index (χ4v) is 1.99. The molecule has 0 saturated carbocycles. The highest BCUT2D eigenvalue weighted by Crippen LogP contribution is 2.12. The molecule has 96 valence electrons. The van der Waals surface area contributed by atoms with Gasteiger partial charge in [-0.1, -0.05) is 0 Å². The summed E-state index contributed by atoms with van der Waals surface area (Å²) in [6.07, 6.45) is 2.46. The lowest BCUT2D eigenvalue weighted by Gasteiger charge is -2.05. The quantitative estimate of drug-likeness (QED) is 0.824. The minimum atomic E-state index is 0.559. The van der Waals surface area contributed by atoms with E-state index in [1.165, 1.54) is 11.3 Å². The average Bonchev–Trinajstić information content (AvgIpc) is 2.76. The van der Waals surface area contributed by atoms with Crippen LogP contribution in [0.15, 0.2) is 17.6 Å². The molecule has 2 aromatic heterocycles. The summed E-state index contributed by atoms with van der Waals surface area (Å²) in [7, 11) is 0. The van der Waals surface area contributed by atoms with Gasteiger partial charge in [0.05, 0.1) is 12.3 Å². The van der Waals surface area contributed by atoms with Crippen LogP contribution in [0.5, 0.6) is 5.88 Å². The normalized spacial score (nSPS) is 10.3. The third kappa shape index (κ3) is 3.56. The van der Waals surface area contributed by atoms with Crippen molar-refractivity contribution in [3.05, 3.63) is 23.3 Å². The second-order valence-electron chi connectivity index (χ2n) is 3.51. The van der Waals surface area contributed by atoms with Crippen molar-refractivity contribution in [2.24, 2.45) is 0 Å². The number of nitrogen functional groups attached to an aromatic ring is 1. The summed E-state index contributed by atoms with van der Waals surface area (Å²) in [5.41, 5.74) is 6.54. The third-order valence-electron chi connectivity index (χ3n) is 2.16. The topological polar surface area (TPSA) is 86.0 Å². The largest absolute Gasteiger partial charge is 0.478 e. The van der Waals surface area contributed by atoms with Gasteiger partial charge in [0.25, 0.3) is 0 Å². The maximum atomic E-state index is 5.56. The molecule has 0 fully saturated rings. The van der Waals surface area contributed by atoms with Gasteiger partial charge in [-0.2, -0.15) is 4.98 Å². The van der Waals surface area contributed by atoms with E-state index in [4.69, 9.17) is 10.5 Å². The SMILES string of the molecule is CCOc1ccnc(NCCc2csc(N)n2)n1. The molecular weight excluding hydrogens is 250 g/mol. The zero-order valence-corrected chi connectivity index (χ0v) is 10.9. The number of rotatable bonds is 6. The number of nitrogens with two attached hydrogens (primary N) is 1. The molecule has 0 aliphatic heterocycles. The van der Waals surface area contributed by atoms with Crippen molar-refractivity contribution < 1.29 is 4.74 Å². The fraction of sp³-hybridized carbons (Fsp3) is 0.364. The number of ether oxygens (including phenoxy) is 1. The van der Waals surface area contributed by atoms with Crippen LogP contribution in [0.4, 0.5) is 11.1 Å². The molecule has 2 heterocycles. The van der Waals surface area contributed by atoms with Crippen LogP contribution in [0.1, 0.15) is 12.6 Å². The Morgan fingerprint density at radius 3 is 3.06 bits per heavy atom. The van der Waals surface area contributed by atoms with Gasteiger partial charge in [-0.15, -0.1) is 11.3 Å². The van der Waals surface area contributed by atoms with Gasteiger partial charge >= 0.3 is 0 Å². The van der Waals surface area contributed by atoms with Crippen LogP contribution in [0.3, 0.4) is 0 Å². The second kappa shape index (κ2) is 6.15. The first-order chi connectivity index (χ1) is 8.78. The summed E-state index contributed by atoms with van der Waals surface area (Å²) in [5, 5.41) is 5.67. The molecule has 2 aromatic rings. The van der Waals surface area contributed by atoms with Gasteiger partial charge in [-0.3, -0.25) is 0 Å². The highest BCUT2D eigenvalue weighted by atomic mass is 32.1. The Labute approximate surface area is 109 Å². The van der Waals surface area contributed by atoms with Crippen LogP contribution in [-0.4, -0.2) is 28.1 Å². The van der Waals surface area contributed by atoms with Gasteiger partial charge in [-0.05, 0) is 6.92 Å². The summed E-state index contributed by atoms with van der Waals surface area (Å²) >= 11 is 1.45. The first-order valence-corrected chi connectivity index (χ1v) is 6.55. The summed E-state index contributed by atoms with van der Waals surface area (Å²) in [4.78, 5) is 12.5. The number of nitrogens with zero attached hydrogens (tertiary/aromatic N) is 3. The van der Waals surface area contributed by atoms with Gasteiger partial charge in [-0.25, -0.2) is 9.97 Å². The molecule has 0 aromatic carbocycles. The van der Waals surface area contributed by atoms with Crippen LogP contribution in [0.2, 0.25) is 0 Å². The van der Waals surface area contributed by atoms with Crippen LogP contribution in [-0.2, 0) is 6.42 Å². The molecule has 0 amide bonds. The lowest BCUT2D eigenvalue weighted by molar-refractivity contribution is 0.326. The Balaban J connectivity index is 1.84. The molecule has 0 saturated heterocycles. The zero-order valence-electron chi connectivity index (χ0n) is 10.1. The standard InChI is InChI=1S/C11H15N5OS/c1-2-17-9-4-6-14-11(16-9)13-5-3-8-7-18-10(12)15-8/h4,6-7H,2-3,5H2,1H3,(H2,12,15)(H,13,14,16). The average molecular weight is 265 g/mol. The first-order valence-electron chi connectivity index (χ1n) is 5.67. The van der Waals surface area contributed by atoms with E-state index in [2.05, 4.69) is 20.3 Å². The maximum Gasteiger partial charge on any atom is 0.225 e. The number of anilines is 2. The van der Waals surface area contributed by atoms with Crippen molar-refractivity contribution in [2.75, 3.05) is 24.2 Å². The Bertz CT molecular complexity index is 502. The molecule has 18 heavy (non-hydrogen) atoms. The van der Waals surface area contributed by atoms with Gasteiger partial charge in [0.15, 0.2) is 5.13 Å². The van der Waals surface area contributed by atoms with Gasteiger partial charge < -0.3 is 15.8 Å². The van der Waals surface area contributed by atoms with Gasteiger partial charge in [0, 0.05) is 30.6 Å². The number of aromatic nitrogens is 3. The van der Waals surface area contributed by atoms with E-state index in [0.29, 0.717) is 30.1 Å². The van der Waals surface area contributed by atoms with Crippen molar-refractivity contribution in [3.8, 4) is 5.88 Å². The van der Waals surface area contributed by atoms with E-state index in [1.54, 1.807) is 12.3 Å². The molecule has 0 aliphatic carbocycles. The van der Waals surface area contributed by atoms with Crippen LogP contribution >= 0.6 is 11.3 Å². The first kappa shape index (κ1) is 12.6. The van der Waals surface area contributed by atoms with Crippen LogP contribution in [0, 0.1) is 0 Å². The van der Waals surface area contributed by atoms with E-state index < -0.39 is 0 Å². The molecule has 2 rings (SSSR count).